The highest BCUT2D eigenvalue weighted by atomic mass is 35.5. The van der Waals surface area contributed by atoms with Crippen LogP contribution in [0.3, 0.4) is 0 Å². The molecule has 11 heavy (non-hydrogen) atoms. The van der Waals surface area contributed by atoms with E-state index in [2.05, 4.69) is 0 Å². The second-order valence-electron chi connectivity index (χ2n) is 2.12. The molecule has 0 aromatic rings. The Balaban J connectivity index is -0.0000000240. The first-order chi connectivity index (χ1) is 3.00. The zero-order valence-corrected chi connectivity index (χ0v) is 8.30. The van der Waals surface area contributed by atoms with E-state index in [0.29, 0.717) is 0 Å². The smallest absolute Gasteiger partial charge is 0.0533 e. The monoisotopic (exact) mass is 188 g/mol. The van der Waals surface area contributed by atoms with Crippen LogP contribution >= 0.6 is 12.4 Å². The highest BCUT2D eigenvalue weighted by Crippen LogP contribution is 2.15. The molecule has 5 heteroatoms. The Morgan fingerprint density at radius 2 is 0.455 bits per heavy atom. The lowest BCUT2D eigenvalue weighted by Crippen LogP contribution is -1.85. The van der Waals surface area contributed by atoms with Crippen LogP contribution in [0.25, 0.3) is 0 Å². The van der Waals surface area contributed by atoms with Gasteiger partial charge in [-0.05, 0) is 0 Å². The van der Waals surface area contributed by atoms with Crippen LogP contribution in [0.4, 0.5) is 0 Å². The molecule has 12 N–H and O–H groups in total. The average molecular weight is 189 g/mol. The molecule has 0 atom stereocenters. The first-order valence-electron chi connectivity index (χ1n) is 3.00. The van der Waals surface area contributed by atoms with Crippen LogP contribution in [-0.2, 0) is 0 Å². The largest absolute Gasteiger partial charge is 0.344 e. The van der Waals surface area contributed by atoms with Crippen molar-refractivity contribution in [3.05, 3.63) is 0 Å². The molecule has 1 aliphatic carbocycles. The van der Waals surface area contributed by atoms with Crippen LogP contribution in [0.2, 0.25) is 0 Å². The third-order valence-corrected chi connectivity index (χ3v) is 1.50. The Kier molecular flexibility index (Phi) is 62.1. The fourth-order valence-electron chi connectivity index (χ4n) is 1.06. The minimum Gasteiger partial charge on any atom is -0.344 e. The summed E-state index contributed by atoms with van der Waals surface area (Å²) in [5, 5.41) is 0. The second-order valence-corrected chi connectivity index (χ2v) is 2.12. The molecule has 0 radical (unpaired) electrons. The van der Waals surface area contributed by atoms with Gasteiger partial charge in [-0.2, -0.15) is 0 Å². The molecular weight excluding hydrogens is 164 g/mol. The van der Waals surface area contributed by atoms with E-state index in [0.717, 1.165) is 0 Å². The minimum absolute atomic E-state index is 0. The SMILES string of the molecule is C1CCCCC1.Cl.N.N.N.N. The number of rotatable bonds is 0. The Labute approximate surface area is 76.3 Å². The molecule has 0 bridgehead atoms. The molecule has 0 heterocycles. The van der Waals surface area contributed by atoms with Crippen molar-refractivity contribution in [1.29, 1.82) is 0 Å². The van der Waals surface area contributed by atoms with E-state index in [1.54, 1.807) is 0 Å². The molecule has 76 valence electrons. The van der Waals surface area contributed by atoms with Crippen molar-refractivity contribution in [2.75, 3.05) is 0 Å². The average Bonchev–Trinajstić information content (AvgIpc) is 1.72. The zero-order chi connectivity index (χ0) is 4.24. The lowest BCUT2D eigenvalue weighted by atomic mass is 10.0. The van der Waals surface area contributed by atoms with Crippen LogP contribution in [0.15, 0.2) is 0 Å². The summed E-state index contributed by atoms with van der Waals surface area (Å²) in [6.45, 7) is 0. The van der Waals surface area contributed by atoms with E-state index in [4.69, 9.17) is 0 Å². The Bertz CT molecular complexity index is 30.1. The van der Waals surface area contributed by atoms with Gasteiger partial charge in [0.1, 0.15) is 0 Å². The summed E-state index contributed by atoms with van der Waals surface area (Å²) in [6.07, 6.45) is 9.00. The molecule has 1 rings (SSSR count). The molecule has 0 aromatic carbocycles. The van der Waals surface area contributed by atoms with Crippen molar-refractivity contribution in [3.8, 4) is 0 Å². The lowest BCUT2D eigenvalue weighted by molar-refractivity contribution is 0.504. The molecule has 4 nitrogen and oxygen atoms in total. The Morgan fingerprint density at radius 1 is 0.364 bits per heavy atom. The van der Waals surface area contributed by atoms with Crippen LogP contribution in [0.1, 0.15) is 38.5 Å². The first-order valence-corrected chi connectivity index (χ1v) is 3.00. The summed E-state index contributed by atoms with van der Waals surface area (Å²) >= 11 is 0. The van der Waals surface area contributed by atoms with Crippen molar-refractivity contribution >= 4 is 12.4 Å². The van der Waals surface area contributed by atoms with Crippen LogP contribution < -0.4 is 24.6 Å². The predicted molar refractivity (Wildman–Crippen MR) is 55.0 cm³/mol. The van der Waals surface area contributed by atoms with Gasteiger partial charge < -0.3 is 24.6 Å². The Morgan fingerprint density at radius 3 is 0.545 bits per heavy atom. The van der Waals surface area contributed by atoms with Gasteiger partial charge in [0.2, 0.25) is 0 Å². The maximum Gasteiger partial charge on any atom is -0.0533 e. The maximum absolute atomic E-state index is 1.50. The van der Waals surface area contributed by atoms with Gasteiger partial charge in [0, 0.05) is 0 Å². The van der Waals surface area contributed by atoms with Crippen LogP contribution in [0, 0.1) is 0 Å². The molecule has 0 unspecified atom stereocenters. The molecule has 0 aliphatic heterocycles. The van der Waals surface area contributed by atoms with Gasteiger partial charge >= 0.3 is 0 Å². The molecule has 0 saturated heterocycles. The normalized spacial score (nSPS) is 13.1. The molecule has 0 amide bonds. The van der Waals surface area contributed by atoms with Gasteiger partial charge in [0.05, 0.1) is 0 Å². The second kappa shape index (κ2) is 22.5. The quantitative estimate of drug-likeness (QED) is 0.462. The van der Waals surface area contributed by atoms with Crippen molar-refractivity contribution in [3.63, 3.8) is 0 Å². The third-order valence-electron chi connectivity index (χ3n) is 1.50. The summed E-state index contributed by atoms with van der Waals surface area (Å²) in [6, 6.07) is 0. The van der Waals surface area contributed by atoms with Gasteiger partial charge in [-0.15, -0.1) is 12.4 Å². The van der Waals surface area contributed by atoms with E-state index in [9.17, 15) is 0 Å². The molecule has 1 saturated carbocycles. The summed E-state index contributed by atoms with van der Waals surface area (Å²) < 4.78 is 0. The van der Waals surface area contributed by atoms with Crippen molar-refractivity contribution in [1.82, 2.24) is 24.6 Å². The summed E-state index contributed by atoms with van der Waals surface area (Å²) in [4.78, 5) is 0. The summed E-state index contributed by atoms with van der Waals surface area (Å²) in [7, 11) is 0. The fraction of sp³-hybridized carbons (Fsp3) is 1.00. The standard InChI is InChI=1S/C6H12.ClH.4H3N/c1-2-4-6-5-3-1;;;;;/h1-6H2;1H;4*1H3. The van der Waals surface area contributed by atoms with Crippen molar-refractivity contribution in [2.45, 2.75) is 38.5 Å². The van der Waals surface area contributed by atoms with Gasteiger partial charge in [0.15, 0.2) is 0 Å². The number of hydrogen-bond acceptors (Lipinski definition) is 4. The first kappa shape index (κ1) is 30.4. The number of halogens is 1. The van der Waals surface area contributed by atoms with E-state index >= 15 is 0 Å². The van der Waals surface area contributed by atoms with Gasteiger partial charge in [-0.25, -0.2) is 0 Å². The molecule has 0 aromatic heterocycles. The predicted octanol–water partition coefficient (Wildman–Crippen LogP) is 3.41. The van der Waals surface area contributed by atoms with Gasteiger partial charge in [0.25, 0.3) is 0 Å². The van der Waals surface area contributed by atoms with Gasteiger partial charge in [-0.1, -0.05) is 38.5 Å². The van der Waals surface area contributed by atoms with Crippen molar-refractivity contribution < 1.29 is 0 Å². The zero-order valence-electron chi connectivity index (χ0n) is 7.48. The topological polar surface area (TPSA) is 140 Å². The fourth-order valence-corrected chi connectivity index (χ4v) is 1.06. The third kappa shape index (κ3) is 17.8. The Hall–Kier alpha value is 0.130. The lowest BCUT2D eigenvalue weighted by Gasteiger charge is -2.05. The summed E-state index contributed by atoms with van der Waals surface area (Å²) in [5.74, 6) is 0. The molecule has 1 aliphatic rings. The van der Waals surface area contributed by atoms with E-state index in [-0.39, 0.29) is 37.0 Å². The van der Waals surface area contributed by atoms with Crippen molar-refractivity contribution in [2.24, 2.45) is 0 Å². The molecule has 1 fully saturated rings. The highest BCUT2D eigenvalue weighted by molar-refractivity contribution is 5.85. The van der Waals surface area contributed by atoms with E-state index < -0.39 is 0 Å². The maximum atomic E-state index is 1.50. The van der Waals surface area contributed by atoms with Crippen LogP contribution in [-0.4, -0.2) is 0 Å². The van der Waals surface area contributed by atoms with E-state index in [1.807, 2.05) is 0 Å². The number of hydrogen-bond donors (Lipinski definition) is 4. The summed E-state index contributed by atoms with van der Waals surface area (Å²) in [5.41, 5.74) is 0. The minimum atomic E-state index is 0. The van der Waals surface area contributed by atoms with Gasteiger partial charge in [-0.3, -0.25) is 0 Å². The molecule has 0 spiro atoms. The molecular formula is C6H25ClN4. The van der Waals surface area contributed by atoms with Crippen LogP contribution in [0.5, 0.6) is 0 Å². The highest BCUT2D eigenvalue weighted by Gasteiger charge is 1.95. The van der Waals surface area contributed by atoms with E-state index in [1.165, 1.54) is 38.5 Å².